The minimum Gasteiger partial charge on any atom is -0.399 e. The number of hydrogen-bond donors (Lipinski definition) is 2. The first-order valence-electron chi connectivity index (χ1n) is 6.19. The van der Waals surface area contributed by atoms with E-state index in [4.69, 9.17) is 16.7 Å². The molecule has 7 heteroatoms. The van der Waals surface area contributed by atoms with E-state index in [1.54, 1.807) is 17.0 Å². The van der Waals surface area contributed by atoms with Gasteiger partial charge in [-0.2, -0.15) is 5.26 Å². The van der Waals surface area contributed by atoms with Gasteiger partial charge in [0.1, 0.15) is 6.07 Å². The number of rotatable bonds is 5. The fourth-order valence-corrected chi connectivity index (χ4v) is 1.95. The number of aromatic nitrogens is 2. The molecule has 1 aromatic heterocycles. The molecule has 1 heterocycles. The Morgan fingerprint density at radius 3 is 2.76 bits per heavy atom. The first-order valence-corrected chi connectivity index (χ1v) is 6.19. The smallest absolute Gasteiger partial charge is 0.237 e. The maximum Gasteiger partial charge on any atom is 0.237 e. The summed E-state index contributed by atoms with van der Waals surface area (Å²) in [5.41, 5.74) is 12.6. The van der Waals surface area contributed by atoms with E-state index in [-0.39, 0.29) is 12.2 Å². The second-order valence-electron chi connectivity index (χ2n) is 4.41. The van der Waals surface area contributed by atoms with Gasteiger partial charge >= 0.3 is 0 Å². The lowest BCUT2D eigenvalue weighted by atomic mass is 10.2. The summed E-state index contributed by atoms with van der Waals surface area (Å²) in [5.74, 6) is -0.199. The quantitative estimate of drug-likeness (QED) is 0.766. The third-order valence-electron chi connectivity index (χ3n) is 2.76. The first kappa shape index (κ1) is 14.3. The molecule has 2 aromatic rings. The molecule has 0 saturated carbocycles. The molecule has 0 radical (unpaired) electrons. The van der Waals surface area contributed by atoms with Gasteiger partial charge in [0, 0.05) is 24.6 Å². The van der Waals surface area contributed by atoms with Gasteiger partial charge in [-0.1, -0.05) is 12.1 Å². The second kappa shape index (κ2) is 6.34. The Bertz CT molecular complexity index is 694. The number of nitrogens with two attached hydrogens (primary N) is 2. The molecule has 0 fully saturated rings. The summed E-state index contributed by atoms with van der Waals surface area (Å²) in [6, 6.07) is 9.19. The molecule has 4 N–H and O–H groups in total. The normalized spacial score (nSPS) is 9.86. The first-order chi connectivity index (χ1) is 10.1. The highest BCUT2D eigenvalue weighted by atomic mass is 16.1. The Morgan fingerprint density at radius 2 is 2.10 bits per heavy atom. The fraction of sp³-hybridized carbons (Fsp3) is 0.143. The van der Waals surface area contributed by atoms with Gasteiger partial charge in [0.25, 0.3) is 0 Å². The van der Waals surface area contributed by atoms with E-state index in [0.29, 0.717) is 18.1 Å². The number of benzene rings is 1. The minimum absolute atomic E-state index is 0.0673. The minimum atomic E-state index is -0.520. The van der Waals surface area contributed by atoms with Crippen molar-refractivity contribution in [1.29, 1.82) is 5.26 Å². The molecule has 2 rings (SSSR count). The van der Waals surface area contributed by atoms with Crippen molar-refractivity contribution >= 4 is 17.4 Å². The van der Waals surface area contributed by atoms with Crippen molar-refractivity contribution in [3.63, 3.8) is 0 Å². The number of nitrogen functional groups attached to an aromatic ring is 1. The van der Waals surface area contributed by atoms with Crippen molar-refractivity contribution in [2.24, 2.45) is 5.73 Å². The number of amides is 1. The van der Waals surface area contributed by atoms with E-state index < -0.39 is 5.91 Å². The molecular weight excluding hydrogens is 268 g/mol. The van der Waals surface area contributed by atoms with Crippen LogP contribution in [0.15, 0.2) is 36.7 Å². The van der Waals surface area contributed by atoms with Crippen LogP contribution in [0.2, 0.25) is 0 Å². The molecule has 0 atom stereocenters. The number of nitriles is 1. The lowest BCUT2D eigenvalue weighted by molar-refractivity contribution is -0.116. The van der Waals surface area contributed by atoms with Gasteiger partial charge in [0.2, 0.25) is 5.91 Å². The molecular formula is C14H14N6O. The Labute approximate surface area is 121 Å². The molecule has 0 saturated heterocycles. The lowest BCUT2D eigenvalue weighted by Gasteiger charge is -2.22. The standard InChI is InChI=1S/C14H14N6O/c15-7-12-14(19-5-4-18-12)20(9-13(17)21)8-10-2-1-3-11(16)6-10/h1-6H,8-9,16H2,(H2,17,21). The number of anilines is 2. The lowest BCUT2D eigenvalue weighted by Crippen LogP contribution is -2.34. The van der Waals surface area contributed by atoms with Crippen molar-refractivity contribution < 1.29 is 4.79 Å². The molecule has 0 bridgehead atoms. The van der Waals surface area contributed by atoms with E-state index in [9.17, 15) is 4.79 Å². The van der Waals surface area contributed by atoms with E-state index in [1.807, 2.05) is 18.2 Å². The summed E-state index contributed by atoms with van der Waals surface area (Å²) in [6.07, 6.45) is 2.88. The van der Waals surface area contributed by atoms with Gasteiger partial charge in [0.05, 0.1) is 6.54 Å². The molecule has 0 unspecified atom stereocenters. The summed E-state index contributed by atoms with van der Waals surface area (Å²) >= 11 is 0. The van der Waals surface area contributed by atoms with E-state index in [0.717, 1.165) is 5.56 Å². The summed E-state index contributed by atoms with van der Waals surface area (Å²) in [5, 5.41) is 9.10. The van der Waals surface area contributed by atoms with E-state index in [1.165, 1.54) is 12.4 Å². The number of nitrogens with zero attached hydrogens (tertiary/aromatic N) is 4. The van der Waals surface area contributed by atoms with Gasteiger partial charge in [-0.3, -0.25) is 4.79 Å². The average molecular weight is 282 g/mol. The van der Waals surface area contributed by atoms with Crippen LogP contribution >= 0.6 is 0 Å². The molecule has 7 nitrogen and oxygen atoms in total. The van der Waals surface area contributed by atoms with Crippen molar-refractivity contribution in [1.82, 2.24) is 9.97 Å². The Balaban J connectivity index is 2.35. The summed E-state index contributed by atoms with van der Waals surface area (Å²) in [4.78, 5) is 20.9. The maximum absolute atomic E-state index is 11.3. The highest BCUT2D eigenvalue weighted by molar-refractivity contribution is 5.79. The van der Waals surface area contributed by atoms with Gasteiger partial charge in [0.15, 0.2) is 11.5 Å². The van der Waals surface area contributed by atoms with Gasteiger partial charge < -0.3 is 16.4 Å². The van der Waals surface area contributed by atoms with Crippen molar-refractivity contribution in [3.05, 3.63) is 47.9 Å². The number of carbonyl (C=O) groups excluding carboxylic acids is 1. The molecule has 1 aromatic carbocycles. The van der Waals surface area contributed by atoms with Crippen LogP contribution in [0.1, 0.15) is 11.3 Å². The van der Waals surface area contributed by atoms with Crippen LogP contribution < -0.4 is 16.4 Å². The summed E-state index contributed by atoms with van der Waals surface area (Å²) in [6.45, 7) is 0.281. The number of carbonyl (C=O) groups is 1. The molecule has 1 amide bonds. The molecule has 106 valence electrons. The molecule has 0 spiro atoms. The fourth-order valence-electron chi connectivity index (χ4n) is 1.95. The van der Waals surface area contributed by atoms with Gasteiger partial charge in [-0.15, -0.1) is 0 Å². The third-order valence-corrected chi connectivity index (χ3v) is 2.76. The Morgan fingerprint density at radius 1 is 1.33 bits per heavy atom. The van der Waals surface area contributed by atoms with Crippen molar-refractivity contribution in [2.75, 3.05) is 17.2 Å². The zero-order valence-corrected chi connectivity index (χ0v) is 11.2. The summed E-state index contributed by atoms with van der Waals surface area (Å²) < 4.78 is 0. The molecule has 21 heavy (non-hydrogen) atoms. The SMILES string of the molecule is N#Cc1nccnc1N(CC(N)=O)Cc1cccc(N)c1. The monoisotopic (exact) mass is 282 g/mol. The molecule has 0 aliphatic heterocycles. The Kier molecular flexibility index (Phi) is 4.31. The van der Waals surface area contributed by atoms with Crippen molar-refractivity contribution in [3.8, 4) is 6.07 Å². The Hall–Kier alpha value is -3.14. The zero-order chi connectivity index (χ0) is 15.2. The van der Waals surface area contributed by atoms with Crippen LogP contribution in [-0.2, 0) is 11.3 Å². The average Bonchev–Trinajstić information content (AvgIpc) is 2.46. The van der Waals surface area contributed by atoms with E-state index in [2.05, 4.69) is 9.97 Å². The van der Waals surface area contributed by atoms with Crippen molar-refractivity contribution in [2.45, 2.75) is 6.54 Å². The predicted molar refractivity (Wildman–Crippen MR) is 77.8 cm³/mol. The highest BCUT2D eigenvalue weighted by Gasteiger charge is 2.16. The predicted octanol–water partition coefficient (Wildman–Crippen LogP) is 0.422. The van der Waals surface area contributed by atoms with Crippen LogP contribution in [0.3, 0.4) is 0 Å². The van der Waals surface area contributed by atoms with Gasteiger partial charge in [-0.25, -0.2) is 9.97 Å². The number of primary amides is 1. The third kappa shape index (κ3) is 3.67. The maximum atomic E-state index is 11.3. The van der Waals surface area contributed by atoms with E-state index >= 15 is 0 Å². The zero-order valence-electron chi connectivity index (χ0n) is 11.2. The van der Waals surface area contributed by atoms with Gasteiger partial charge in [-0.05, 0) is 17.7 Å². The topological polar surface area (TPSA) is 122 Å². The molecule has 0 aliphatic carbocycles. The largest absolute Gasteiger partial charge is 0.399 e. The van der Waals surface area contributed by atoms with Crippen LogP contribution in [-0.4, -0.2) is 22.4 Å². The van der Waals surface area contributed by atoms with Crippen LogP contribution in [0.5, 0.6) is 0 Å². The van der Waals surface area contributed by atoms with Crippen LogP contribution in [0.4, 0.5) is 11.5 Å². The highest BCUT2D eigenvalue weighted by Crippen LogP contribution is 2.18. The molecule has 0 aliphatic rings. The van der Waals surface area contributed by atoms with Crippen LogP contribution in [0, 0.1) is 11.3 Å². The second-order valence-corrected chi connectivity index (χ2v) is 4.41. The number of hydrogen-bond acceptors (Lipinski definition) is 6. The van der Waals surface area contributed by atoms with Crippen LogP contribution in [0.25, 0.3) is 0 Å². The summed E-state index contributed by atoms with van der Waals surface area (Å²) in [7, 11) is 0.